The maximum atomic E-state index is 13.5. The third kappa shape index (κ3) is 4.61. The average molecular weight is 344 g/mol. The highest BCUT2D eigenvalue weighted by Gasteiger charge is 2.22. The summed E-state index contributed by atoms with van der Waals surface area (Å²) in [5.74, 6) is -4.01. The van der Waals surface area contributed by atoms with Gasteiger partial charge in [0.2, 0.25) is 0 Å². The molecule has 0 aliphatic heterocycles. The largest absolute Gasteiger partial charge is 0.452 e. The number of carbonyl (C=O) groups is 2. The lowest BCUT2D eigenvalue weighted by Gasteiger charge is -2.21. The van der Waals surface area contributed by atoms with E-state index in [4.69, 9.17) is 10.00 Å². The monoisotopic (exact) mass is 344 g/mol. The molecule has 0 saturated carbocycles. The molecule has 128 valence electrons. The minimum absolute atomic E-state index is 0.0799. The molecule has 7 heteroatoms. The number of rotatable bonds is 6. The van der Waals surface area contributed by atoms with Crippen molar-refractivity contribution in [2.75, 3.05) is 18.1 Å². The Bertz CT molecular complexity index is 783. The highest BCUT2D eigenvalue weighted by atomic mass is 19.1. The second-order valence-electron chi connectivity index (χ2n) is 4.96. The van der Waals surface area contributed by atoms with E-state index in [9.17, 15) is 18.4 Å². The number of carbonyl (C=O) groups excluding carboxylic acids is 2. The second-order valence-corrected chi connectivity index (χ2v) is 4.96. The van der Waals surface area contributed by atoms with Crippen LogP contribution in [0, 0.1) is 23.0 Å². The number of benzene rings is 2. The number of nitrogens with zero attached hydrogens (tertiary/aromatic N) is 2. The first-order valence-corrected chi connectivity index (χ1v) is 7.38. The average Bonchev–Trinajstić information content (AvgIpc) is 2.61. The minimum atomic E-state index is -1.27. The van der Waals surface area contributed by atoms with E-state index in [0.717, 1.165) is 18.2 Å². The van der Waals surface area contributed by atoms with Crippen LogP contribution in [-0.2, 0) is 9.53 Å². The number of hydrogen-bond donors (Lipinski definition) is 0. The molecule has 0 saturated heterocycles. The van der Waals surface area contributed by atoms with Gasteiger partial charge in [-0.2, -0.15) is 5.26 Å². The lowest BCUT2D eigenvalue weighted by Crippen LogP contribution is -2.35. The number of nitriles is 1. The van der Waals surface area contributed by atoms with Crippen molar-refractivity contribution >= 4 is 17.6 Å². The molecule has 1 amide bonds. The Morgan fingerprint density at radius 3 is 2.28 bits per heavy atom. The van der Waals surface area contributed by atoms with Crippen LogP contribution in [-0.4, -0.2) is 25.0 Å². The van der Waals surface area contributed by atoms with Crippen molar-refractivity contribution in [3.63, 3.8) is 0 Å². The number of ether oxygens (including phenoxy) is 1. The molecule has 0 heterocycles. The Balaban J connectivity index is 2.08. The maximum absolute atomic E-state index is 13.5. The molecule has 0 fully saturated rings. The molecule has 0 aromatic heterocycles. The van der Waals surface area contributed by atoms with Gasteiger partial charge >= 0.3 is 5.97 Å². The Morgan fingerprint density at radius 2 is 1.68 bits per heavy atom. The molecule has 0 radical (unpaired) electrons. The van der Waals surface area contributed by atoms with E-state index in [2.05, 4.69) is 0 Å². The zero-order chi connectivity index (χ0) is 18.2. The van der Waals surface area contributed by atoms with E-state index in [1.165, 1.54) is 4.90 Å². The number of anilines is 1. The summed E-state index contributed by atoms with van der Waals surface area (Å²) in [6.45, 7) is -0.599. The quantitative estimate of drug-likeness (QED) is 0.755. The van der Waals surface area contributed by atoms with Crippen molar-refractivity contribution in [3.8, 4) is 6.07 Å². The minimum Gasteiger partial charge on any atom is -0.452 e. The van der Waals surface area contributed by atoms with Crippen molar-refractivity contribution in [1.82, 2.24) is 0 Å². The molecule has 2 aromatic rings. The van der Waals surface area contributed by atoms with E-state index in [0.29, 0.717) is 5.69 Å². The van der Waals surface area contributed by atoms with Gasteiger partial charge in [0.15, 0.2) is 6.61 Å². The normalized spacial score (nSPS) is 9.96. The van der Waals surface area contributed by atoms with Gasteiger partial charge in [0.05, 0.1) is 12.5 Å². The molecule has 0 unspecified atom stereocenters. The van der Waals surface area contributed by atoms with Gasteiger partial charge in [-0.05, 0) is 24.3 Å². The molecule has 0 atom stereocenters. The van der Waals surface area contributed by atoms with E-state index in [-0.39, 0.29) is 13.0 Å². The number of amides is 1. The summed E-state index contributed by atoms with van der Waals surface area (Å²) in [7, 11) is 0. The molecular weight excluding hydrogens is 330 g/mol. The van der Waals surface area contributed by atoms with Crippen LogP contribution in [0.25, 0.3) is 0 Å². The van der Waals surface area contributed by atoms with Crippen LogP contribution in [0.5, 0.6) is 0 Å². The van der Waals surface area contributed by atoms with E-state index in [1.54, 1.807) is 30.3 Å². The van der Waals surface area contributed by atoms with Crippen LogP contribution in [0.4, 0.5) is 14.5 Å². The van der Waals surface area contributed by atoms with Gasteiger partial charge < -0.3 is 9.64 Å². The van der Waals surface area contributed by atoms with Crippen LogP contribution in [0.3, 0.4) is 0 Å². The zero-order valence-corrected chi connectivity index (χ0v) is 13.1. The van der Waals surface area contributed by atoms with Crippen LogP contribution in [0.15, 0.2) is 48.5 Å². The topological polar surface area (TPSA) is 70.4 Å². The molecule has 0 spiro atoms. The molecule has 0 aliphatic rings. The first kappa shape index (κ1) is 18.1. The Labute approximate surface area is 143 Å². The Morgan fingerprint density at radius 1 is 1.04 bits per heavy atom. The highest BCUT2D eigenvalue weighted by Crippen LogP contribution is 2.16. The number of esters is 1. The first-order chi connectivity index (χ1) is 12.0. The smallest absolute Gasteiger partial charge is 0.344 e. The fourth-order valence-electron chi connectivity index (χ4n) is 2.14. The SMILES string of the molecule is N#CCCN(C(=O)COC(=O)c1c(F)cccc1F)c1ccccc1. The summed E-state index contributed by atoms with van der Waals surface area (Å²) < 4.78 is 31.8. The second kappa shape index (κ2) is 8.55. The predicted molar refractivity (Wildman–Crippen MR) is 85.7 cm³/mol. The van der Waals surface area contributed by atoms with E-state index < -0.39 is 35.7 Å². The van der Waals surface area contributed by atoms with Crippen molar-refractivity contribution in [2.45, 2.75) is 6.42 Å². The van der Waals surface area contributed by atoms with Gasteiger partial charge in [0, 0.05) is 12.2 Å². The van der Waals surface area contributed by atoms with Gasteiger partial charge in [0.25, 0.3) is 5.91 Å². The third-order valence-electron chi connectivity index (χ3n) is 3.31. The first-order valence-electron chi connectivity index (χ1n) is 7.38. The number of hydrogen-bond acceptors (Lipinski definition) is 4. The highest BCUT2D eigenvalue weighted by molar-refractivity contribution is 5.97. The lowest BCUT2D eigenvalue weighted by molar-refractivity contribution is -0.121. The molecule has 0 bridgehead atoms. The van der Waals surface area contributed by atoms with Crippen molar-refractivity contribution in [2.24, 2.45) is 0 Å². The van der Waals surface area contributed by atoms with Gasteiger partial charge in [-0.3, -0.25) is 4.79 Å². The molecule has 5 nitrogen and oxygen atoms in total. The van der Waals surface area contributed by atoms with Crippen LogP contribution >= 0.6 is 0 Å². The van der Waals surface area contributed by atoms with Gasteiger partial charge in [-0.25, -0.2) is 13.6 Å². The Kier molecular flexibility index (Phi) is 6.18. The fraction of sp³-hybridized carbons (Fsp3) is 0.167. The summed E-state index contributed by atoms with van der Waals surface area (Å²) >= 11 is 0. The maximum Gasteiger partial charge on any atom is 0.344 e. The molecule has 2 rings (SSSR count). The van der Waals surface area contributed by atoms with Crippen LogP contribution < -0.4 is 4.90 Å². The summed E-state index contributed by atoms with van der Waals surface area (Å²) in [5, 5.41) is 8.72. The summed E-state index contributed by atoms with van der Waals surface area (Å²) in [6, 6.07) is 13.4. The molecular formula is C18H14F2N2O3. The van der Waals surface area contributed by atoms with Gasteiger partial charge in [-0.1, -0.05) is 24.3 Å². The predicted octanol–water partition coefficient (Wildman–Crippen LogP) is 3.07. The van der Waals surface area contributed by atoms with Crippen LogP contribution in [0.1, 0.15) is 16.8 Å². The number of para-hydroxylation sites is 1. The summed E-state index contributed by atoms with van der Waals surface area (Å²) in [4.78, 5) is 25.4. The summed E-state index contributed by atoms with van der Waals surface area (Å²) in [5.41, 5.74) is -0.325. The van der Waals surface area contributed by atoms with Crippen molar-refractivity contribution in [1.29, 1.82) is 5.26 Å². The lowest BCUT2D eigenvalue weighted by atomic mass is 10.2. The molecule has 0 aliphatic carbocycles. The zero-order valence-electron chi connectivity index (χ0n) is 13.1. The molecule has 0 N–H and O–H groups in total. The molecule has 2 aromatic carbocycles. The molecule has 25 heavy (non-hydrogen) atoms. The third-order valence-corrected chi connectivity index (χ3v) is 3.31. The Hall–Kier alpha value is -3.27. The summed E-state index contributed by atoms with van der Waals surface area (Å²) in [6.07, 6.45) is 0.0799. The van der Waals surface area contributed by atoms with Gasteiger partial charge in [-0.15, -0.1) is 0 Å². The van der Waals surface area contributed by atoms with Crippen molar-refractivity contribution in [3.05, 3.63) is 65.7 Å². The van der Waals surface area contributed by atoms with Crippen molar-refractivity contribution < 1.29 is 23.1 Å². The standard InChI is InChI=1S/C18H14F2N2O3/c19-14-8-4-9-15(20)17(14)18(24)25-12-16(23)22(11-5-10-21)13-6-2-1-3-7-13/h1-4,6-9H,5,11-12H2. The van der Waals surface area contributed by atoms with E-state index in [1.807, 2.05) is 6.07 Å². The number of halogens is 2. The fourth-order valence-corrected chi connectivity index (χ4v) is 2.14. The van der Waals surface area contributed by atoms with Gasteiger partial charge in [0.1, 0.15) is 17.2 Å². The van der Waals surface area contributed by atoms with E-state index >= 15 is 0 Å². The van der Waals surface area contributed by atoms with Crippen LogP contribution in [0.2, 0.25) is 0 Å².